The first-order chi connectivity index (χ1) is 29.7. The molecule has 4 N–H and O–H groups in total. The van der Waals surface area contributed by atoms with Crippen molar-refractivity contribution in [2.45, 2.75) is 113 Å². The number of carbonyl (C=O) groups is 7. The van der Waals surface area contributed by atoms with Gasteiger partial charge < -0.3 is 40.7 Å². The average molecular weight is 872 g/mol. The maximum absolute atomic E-state index is 15.4. The number of hydrogen-bond acceptors (Lipinski definition) is 11. The number of ether oxygens (including phenoxy) is 1. The molecule has 8 rings (SSSR count). The molecule has 0 spiro atoms. The maximum atomic E-state index is 15.4. The number of amides is 5. The number of fused-ring (bicyclic) bond motifs is 5. The molecule has 1 unspecified atom stereocenters. The number of benzene rings is 2. The molecule has 2 aromatic carbocycles. The smallest absolute Gasteiger partial charge is 0.333 e. The zero-order valence-corrected chi connectivity index (χ0v) is 37.0. The van der Waals surface area contributed by atoms with Crippen LogP contribution in [0.4, 0.5) is 0 Å². The van der Waals surface area contributed by atoms with Gasteiger partial charge in [-0.05, 0) is 76.1 Å². The van der Waals surface area contributed by atoms with Crippen LogP contribution in [0, 0.1) is 18.8 Å². The first-order valence-corrected chi connectivity index (χ1v) is 23.2. The van der Waals surface area contributed by atoms with Gasteiger partial charge in [-0.15, -0.1) is 0 Å². The van der Waals surface area contributed by atoms with Gasteiger partial charge in [0, 0.05) is 56.4 Å². The van der Waals surface area contributed by atoms with Crippen LogP contribution < -0.4 is 16.4 Å². The van der Waals surface area contributed by atoms with Crippen molar-refractivity contribution in [2.24, 2.45) is 17.6 Å². The summed E-state index contributed by atoms with van der Waals surface area (Å²) >= 11 is 1.76. The fourth-order valence-electron chi connectivity index (χ4n) is 9.61. The summed E-state index contributed by atoms with van der Waals surface area (Å²) in [5, 5.41) is 5.88. The summed E-state index contributed by atoms with van der Waals surface area (Å²) in [6.07, 6.45) is 1.93. The molecular weight excluding hydrogens is 811 g/mol. The van der Waals surface area contributed by atoms with Gasteiger partial charge in [0.15, 0.2) is 6.04 Å². The number of Topliss-reactive ketones (excluding diaryl/α,β-unsaturated/α-hetero) is 1. The number of hydrogen-bond donors (Lipinski definition) is 3. The van der Waals surface area contributed by atoms with Crippen LogP contribution in [0.1, 0.15) is 75.1 Å². The highest BCUT2D eigenvalue weighted by atomic mass is 32.2. The number of cyclic esters (lactones) is 1. The Balaban J connectivity index is 1.28. The predicted octanol–water partition coefficient (Wildman–Crippen LogP) is 1.99. The number of nitrogens with one attached hydrogen (secondary N) is 2. The third-order valence-electron chi connectivity index (χ3n) is 13.6. The molecule has 16 heteroatoms. The third kappa shape index (κ3) is 9.87. The Kier molecular flexibility index (Phi) is 14.4. The number of thioether (sulfide) groups is 1. The lowest BCUT2D eigenvalue weighted by molar-refractivity contribution is -0.157. The lowest BCUT2D eigenvalue weighted by Crippen LogP contribution is -2.63. The summed E-state index contributed by atoms with van der Waals surface area (Å²) in [5.74, 6) is -3.48. The standard InChI is InChI=1S/C46H61N7O8S/c1-5-33-43(57)52-19-9-12-34(52)44(58)50(4)36(22-29-15-13-27(2)14-16-29)45(59)53-24-32(26-62-38-25-51-20-17-30(38)18-21-51)37(54)23-35(53)41(55)49-40(31-10-7-6-8-11-31)46(60)61-28(3)39(47)42(56)48-33/h6-8,10-11,13-16,28,30,32-36,38-40H,5,9,12,17-26,47H2,1-4H3,(H,48,56)(H,49,55)/t28-,32+,33+,34+,35+,36+,38?,39+,40+/m1/s1. The number of likely N-dealkylation sites (N-methyl/N-ethyl adjacent to an activating group) is 1. The Bertz CT molecular complexity index is 2000. The molecule has 6 aliphatic heterocycles. The van der Waals surface area contributed by atoms with Crippen molar-refractivity contribution in [3.05, 3.63) is 71.3 Å². The van der Waals surface area contributed by atoms with Gasteiger partial charge in [-0.3, -0.25) is 28.8 Å². The van der Waals surface area contributed by atoms with Crippen LogP contribution in [0.15, 0.2) is 54.6 Å². The minimum absolute atomic E-state index is 0.0530. The van der Waals surface area contributed by atoms with E-state index in [0.29, 0.717) is 35.3 Å². The number of carbonyl (C=O) groups excluding carboxylic acids is 7. The molecule has 334 valence electrons. The SMILES string of the molecule is CC[C@@H]1NC(=O)[C@@H](N)[C@@H](C)OC(=O)[C@H](c2ccccc2)NC(=O)[C@@H]2CC(=O)[C@H](CSC3CN4CCC3CC4)CN2C(=O)[C@H](Cc2ccc(C)cc2)N(C)C(=O)[C@@H]2CCCN2C1=O. The first kappa shape index (κ1) is 45.2. The van der Waals surface area contributed by atoms with Gasteiger partial charge in [0.05, 0.1) is 0 Å². The van der Waals surface area contributed by atoms with Gasteiger partial charge in [0.1, 0.15) is 42.1 Å². The maximum Gasteiger partial charge on any atom is 0.333 e. The molecule has 6 fully saturated rings. The molecule has 0 aliphatic carbocycles. The van der Waals surface area contributed by atoms with Crippen molar-refractivity contribution in [3.8, 4) is 0 Å². The minimum atomic E-state index is -1.40. The molecule has 6 aliphatic rings. The second kappa shape index (κ2) is 19.7. The van der Waals surface area contributed by atoms with Crippen LogP contribution in [0.3, 0.4) is 0 Å². The molecule has 2 aromatic rings. The molecule has 9 atom stereocenters. The van der Waals surface area contributed by atoms with Crippen LogP contribution in [0.25, 0.3) is 0 Å². The van der Waals surface area contributed by atoms with Crippen LogP contribution >= 0.6 is 11.8 Å². The normalized spacial score (nSPS) is 32.9. The van der Waals surface area contributed by atoms with E-state index >= 15 is 4.79 Å². The van der Waals surface area contributed by atoms with E-state index in [0.717, 1.165) is 43.6 Å². The fourth-order valence-corrected chi connectivity index (χ4v) is 11.2. The van der Waals surface area contributed by atoms with Gasteiger partial charge in [0.25, 0.3) is 0 Å². The molecule has 6 saturated heterocycles. The number of ketones is 1. The van der Waals surface area contributed by atoms with Gasteiger partial charge >= 0.3 is 5.97 Å². The molecule has 0 saturated carbocycles. The third-order valence-corrected chi connectivity index (χ3v) is 15.2. The first-order valence-electron chi connectivity index (χ1n) is 22.2. The molecule has 2 bridgehead atoms. The molecule has 62 heavy (non-hydrogen) atoms. The zero-order chi connectivity index (χ0) is 44.2. The highest BCUT2D eigenvalue weighted by molar-refractivity contribution is 8.00. The van der Waals surface area contributed by atoms with E-state index in [1.807, 2.05) is 31.2 Å². The highest BCUT2D eigenvalue weighted by Crippen LogP contribution is 2.37. The second-order valence-electron chi connectivity index (χ2n) is 17.7. The van der Waals surface area contributed by atoms with Crippen molar-refractivity contribution in [1.29, 1.82) is 0 Å². The number of nitrogens with two attached hydrogens (primary N) is 1. The van der Waals surface area contributed by atoms with Gasteiger partial charge in [-0.25, -0.2) is 4.79 Å². The summed E-state index contributed by atoms with van der Waals surface area (Å²) in [6, 6.07) is 8.88. The lowest BCUT2D eigenvalue weighted by Gasteiger charge is -2.45. The summed E-state index contributed by atoms with van der Waals surface area (Å²) in [7, 11) is 1.55. The Morgan fingerprint density at radius 2 is 1.52 bits per heavy atom. The lowest BCUT2D eigenvalue weighted by atomic mass is 9.88. The van der Waals surface area contributed by atoms with E-state index in [1.54, 1.807) is 56.1 Å². The van der Waals surface area contributed by atoms with E-state index in [1.165, 1.54) is 21.6 Å². The van der Waals surface area contributed by atoms with E-state index < -0.39 is 83.8 Å². The quantitative estimate of drug-likeness (QED) is 0.345. The second-order valence-corrected chi connectivity index (χ2v) is 19.0. The topological polar surface area (TPSA) is 192 Å². The van der Waals surface area contributed by atoms with Crippen molar-refractivity contribution in [1.82, 2.24) is 30.2 Å². The van der Waals surface area contributed by atoms with Gasteiger partial charge in [-0.2, -0.15) is 11.8 Å². The number of rotatable bonds is 7. The fraction of sp³-hybridized carbons (Fsp3) is 0.587. The number of nitrogens with zero attached hydrogens (tertiary/aromatic N) is 4. The summed E-state index contributed by atoms with van der Waals surface area (Å²) in [5.41, 5.74) is 8.50. The Hall–Kier alpha value is -4.80. The minimum Gasteiger partial charge on any atom is -0.459 e. The van der Waals surface area contributed by atoms with Crippen LogP contribution in [0.5, 0.6) is 0 Å². The molecule has 0 radical (unpaired) electrons. The van der Waals surface area contributed by atoms with E-state index in [9.17, 15) is 28.8 Å². The van der Waals surface area contributed by atoms with Crippen molar-refractivity contribution >= 4 is 53.1 Å². The van der Waals surface area contributed by atoms with E-state index in [2.05, 4.69) is 15.5 Å². The van der Waals surface area contributed by atoms with Crippen LogP contribution in [-0.2, 0) is 44.7 Å². The molecule has 15 nitrogen and oxygen atoms in total. The average Bonchev–Trinajstić information content (AvgIpc) is 3.78. The number of esters is 1. The molecule has 5 amide bonds. The summed E-state index contributed by atoms with van der Waals surface area (Å²) in [6.45, 7) is 8.48. The zero-order valence-electron chi connectivity index (χ0n) is 36.2. The summed E-state index contributed by atoms with van der Waals surface area (Å²) in [4.78, 5) is 108. The number of piperidine rings is 4. The number of aryl methyl sites for hydroxylation is 1. The monoisotopic (exact) mass is 871 g/mol. The van der Waals surface area contributed by atoms with E-state index in [4.69, 9.17) is 10.5 Å². The van der Waals surface area contributed by atoms with Crippen molar-refractivity contribution < 1.29 is 38.3 Å². The Morgan fingerprint density at radius 3 is 2.18 bits per heavy atom. The summed E-state index contributed by atoms with van der Waals surface area (Å²) < 4.78 is 5.76. The molecule has 0 aromatic heterocycles. The van der Waals surface area contributed by atoms with Crippen LogP contribution in [0.2, 0.25) is 0 Å². The Labute approximate surface area is 368 Å². The predicted molar refractivity (Wildman–Crippen MR) is 233 cm³/mol. The van der Waals surface area contributed by atoms with Crippen LogP contribution in [-0.4, -0.2) is 148 Å². The molecular formula is C46H61N7O8S. The van der Waals surface area contributed by atoms with E-state index in [-0.39, 0.29) is 38.1 Å². The van der Waals surface area contributed by atoms with Crippen molar-refractivity contribution in [2.75, 3.05) is 45.5 Å². The highest BCUT2D eigenvalue weighted by Gasteiger charge is 2.47. The van der Waals surface area contributed by atoms with Crippen molar-refractivity contribution in [3.63, 3.8) is 0 Å². The van der Waals surface area contributed by atoms with Gasteiger partial charge in [-0.1, -0.05) is 67.1 Å². The molecule has 6 heterocycles. The van der Waals surface area contributed by atoms with Gasteiger partial charge in [0.2, 0.25) is 29.5 Å². The Morgan fingerprint density at radius 1 is 0.806 bits per heavy atom. The largest absolute Gasteiger partial charge is 0.459 e.